The first-order valence-electron chi connectivity index (χ1n) is 7.18. The fraction of sp³-hybridized carbons (Fsp3) is 0.333. The Kier molecular flexibility index (Phi) is 6.99. The second-order valence-corrected chi connectivity index (χ2v) is 5.11. The van der Waals surface area contributed by atoms with Crippen molar-refractivity contribution in [3.05, 3.63) is 71.8 Å². The van der Waals surface area contributed by atoms with Gasteiger partial charge in [-0.3, -0.25) is 0 Å². The summed E-state index contributed by atoms with van der Waals surface area (Å²) in [5.41, 5.74) is 9.10. The van der Waals surface area contributed by atoms with Crippen LogP contribution in [0.2, 0.25) is 0 Å². The van der Waals surface area contributed by atoms with Crippen molar-refractivity contribution in [2.45, 2.75) is 38.1 Å². The minimum absolute atomic E-state index is 0. The van der Waals surface area contributed by atoms with Gasteiger partial charge in [-0.15, -0.1) is 0 Å². The summed E-state index contributed by atoms with van der Waals surface area (Å²) in [5.74, 6) is 0.300. The molecule has 0 spiro atoms. The van der Waals surface area contributed by atoms with Crippen LogP contribution >= 0.6 is 0 Å². The largest absolute Gasteiger partial charge is 0.412 e. The lowest BCUT2D eigenvalue weighted by molar-refractivity contribution is 0.526. The molecular weight excluding hydrogens is 246 g/mol. The molecule has 0 aliphatic rings. The van der Waals surface area contributed by atoms with Gasteiger partial charge in [-0.1, -0.05) is 80.4 Å². The number of hydrogen-bond acceptors (Lipinski definition) is 1. The van der Waals surface area contributed by atoms with Gasteiger partial charge in [0.1, 0.15) is 0 Å². The van der Waals surface area contributed by atoms with E-state index in [1.807, 2.05) is 0 Å². The smallest absolute Gasteiger partial charge is 0.0241 e. The Morgan fingerprint density at radius 1 is 0.850 bits per heavy atom. The van der Waals surface area contributed by atoms with E-state index in [-0.39, 0.29) is 11.5 Å². The lowest BCUT2D eigenvalue weighted by atomic mass is 9.83. The van der Waals surface area contributed by atoms with Crippen LogP contribution in [0.25, 0.3) is 0 Å². The van der Waals surface area contributed by atoms with Crippen LogP contribution < -0.4 is 5.73 Å². The zero-order valence-corrected chi connectivity index (χ0v) is 12.1. The van der Waals surface area contributed by atoms with Crippen LogP contribution in [0.1, 0.15) is 43.2 Å². The highest BCUT2D eigenvalue weighted by molar-refractivity contribution is 5.34. The van der Waals surface area contributed by atoms with Gasteiger partial charge < -0.3 is 11.2 Å². The highest BCUT2D eigenvalue weighted by atomic mass is 16.0. The predicted octanol–water partition coefficient (Wildman–Crippen LogP) is 3.51. The maximum absolute atomic E-state index is 6.47. The van der Waals surface area contributed by atoms with Gasteiger partial charge in [0, 0.05) is 12.0 Å². The first-order valence-corrected chi connectivity index (χ1v) is 7.18. The standard InChI is InChI=1S/C18H23N.H2O/c1-2-3-14-17(19)18(15-10-6-4-7-11-15)16-12-8-5-9-13-16;/h4-13,17-18H,2-3,14,19H2,1H3;1H2. The van der Waals surface area contributed by atoms with Gasteiger partial charge >= 0.3 is 0 Å². The Morgan fingerprint density at radius 3 is 1.70 bits per heavy atom. The van der Waals surface area contributed by atoms with Crippen molar-refractivity contribution in [2.75, 3.05) is 0 Å². The molecule has 2 rings (SSSR count). The Balaban J connectivity index is 0.00000200. The van der Waals surface area contributed by atoms with Crippen LogP contribution in [0.3, 0.4) is 0 Å². The van der Waals surface area contributed by atoms with E-state index < -0.39 is 0 Å². The van der Waals surface area contributed by atoms with Gasteiger partial charge in [-0.05, 0) is 17.5 Å². The van der Waals surface area contributed by atoms with Gasteiger partial charge in [0.25, 0.3) is 0 Å². The Morgan fingerprint density at radius 2 is 1.30 bits per heavy atom. The Bertz CT molecular complexity index is 430. The second kappa shape index (κ2) is 8.51. The zero-order chi connectivity index (χ0) is 13.5. The molecule has 4 N–H and O–H groups in total. The highest BCUT2D eigenvalue weighted by Crippen LogP contribution is 2.29. The summed E-state index contributed by atoms with van der Waals surface area (Å²) in [4.78, 5) is 0. The maximum Gasteiger partial charge on any atom is 0.0241 e. The van der Waals surface area contributed by atoms with Crippen molar-refractivity contribution in [3.8, 4) is 0 Å². The van der Waals surface area contributed by atoms with E-state index >= 15 is 0 Å². The van der Waals surface area contributed by atoms with Crippen LogP contribution in [0.4, 0.5) is 0 Å². The molecule has 0 aliphatic heterocycles. The molecule has 108 valence electrons. The van der Waals surface area contributed by atoms with E-state index in [2.05, 4.69) is 67.6 Å². The van der Waals surface area contributed by atoms with Crippen molar-refractivity contribution in [1.29, 1.82) is 0 Å². The van der Waals surface area contributed by atoms with Gasteiger partial charge in [0.15, 0.2) is 0 Å². The molecule has 0 amide bonds. The molecule has 1 atom stereocenters. The predicted molar refractivity (Wildman–Crippen MR) is 85.8 cm³/mol. The van der Waals surface area contributed by atoms with Crippen molar-refractivity contribution in [1.82, 2.24) is 0 Å². The molecule has 0 saturated carbocycles. The summed E-state index contributed by atoms with van der Waals surface area (Å²) in [6.45, 7) is 2.22. The summed E-state index contributed by atoms with van der Waals surface area (Å²) in [5, 5.41) is 0. The highest BCUT2D eigenvalue weighted by Gasteiger charge is 2.20. The van der Waals surface area contributed by atoms with Gasteiger partial charge in [0.05, 0.1) is 0 Å². The summed E-state index contributed by atoms with van der Waals surface area (Å²) in [7, 11) is 0. The summed E-state index contributed by atoms with van der Waals surface area (Å²) < 4.78 is 0. The second-order valence-electron chi connectivity index (χ2n) is 5.11. The first-order chi connectivity index (χ1) is 9.33. The number of nitrogens with two attached hydrogens (primary N) is 1. The lowest BCUT2D eigenvalue weighted by Gasteiger charge is -2.25. The van der Waals surface area contributed by atoms with Crippen LogP contribution in [0, 0.1) is 0 Å². The number of hydrogen-bond donors (Lipinski definition) is 1. The van der Waals surface area contributed by atoms with E-state index in [9.17, 15) is 0 Å². The SMILES string of the molecule is CCCCC(N)C(c1ccccc1)c1ccccc1.O. The molecule has 2 aromatic carbocycles. The van der Waals surface area contributed by atoms with E-state index in [1.165, 1.54) is 24.0 Å². The molecule has 0 aliphatic carbocycles. The molecule has 0 fully saturated rings. The summed E-state index contributed by atoms with van der Waals surface area (Å²) >= 11 is 0. The Hall–Kier alpha value is -1.64. The zero-order valence-electron chi connectivity index (χ0n) is 12.1. The molecule has 0 radical (unpaired) electrons. The van der Waals surface area contributed by atoms with Crippen LogP contribution in [0.5, 0.6) is 0 Å². The number of benzene rings is 2. The molecule has 2 heteroatoms. The minimum atomic E-state index is 0. The third-order valence-corrected chi connectivity index (χ3v) is 3.64. The van der Waals surface area contributed by atoms with E-state index in [4.69, 9.17) is 5.73 Å². The lowest BCUT2D eigenvalue weighted by Crippen LogP contribution is -2.29. The average molecular weight is 271 g/mol. The van der Waals surface area contributed by atoms with Crippen LogP contribution in [-0.4, -0.2) is 11.5 Å². The molecular formula is C18H25NO. The summed E-state index contributed by atoms with van der Waals surface area (Å²) in [6.07, 6.45) is 3.46. The molecule has 20 heavy (non-hydrogen) atoms. The molecule has 1 unspecified atom stereocenters. The topological polar surface area (TPSA) is 57.5 Å². The van der Waals surface area contributed by atoms with Crippen LogP contribution in [0.15, 0.2) is 60.7 Å². The third-order valence-electron chi connectivity index (χ3n) is 3.64. The van der Waals surface area contributed by atoms with E-state index in [1.54, 1.807) is 0 Å². The molecule has 0 bridgehead atoms. The van der Waals surface area contributed by atoms with Crippen molar-refractivity contribution in [3.63, 3.8) is 0 Å². The minimum Gasteiger partial charge on any atom is -0.412 e. The molecule has 2 nitrogen and oxygen atoms in total. The monoisotopic (exact) mass is 271 g/mol. The maximum atomic E-state index is 6.47. The van der Waals surface area contributed by atoms with Gasteiger partial charge in [-0.2, -0.15) is 0 Å². The summed E-state index contributed by atoms with van der Waals surface area (Å²) in [6, 6.07) is 21.4. The molecule has 0 heterocycles. The number of unbranched alkanes of at least 4 members (excludes halogenated alkanes) is 1. The molecule has 0 aromatic heterocycles. The molecule has 0 saturated heterocycles. The van der Waals surface area contributed by atoms with Crippen molar-refractivity contribution in [2.24, 2.45) is 5.73 Å². The third kappa shape index (κ3) is 4.19. The van der Waals surface area contributed by atoms with Gasteiger partial charge in [0.2, 0.25) is 0 Å². The first kappa shape index (κ1) is 16.4. The Labute approximate surface area is 121 Å². The fourth-order valence-electron chi connectivity index (χ4n) is 2.61. The van der Waals surface area contributed by atoms with Gasteiger partial charge in [-0.25, -0.2) is 0 Å². The van der Waals surface area contributed by atoms with Crippen molar-refractivity contribution >= 4 is 0 Å². The van der Waals surface area contributed by atoms with E-state index in [0.717, 1.165) is 6.42 Å². The normalized spacial score (nSPS) is 11.9. The van der Waals surface area contributed by atoms with E-state index in [0.29, 0.717) is 5.92 Å². The average Bonchev–Trinajstić information content (AvgIpc) is 2.47. The van der Waals surface area contributed by atoms with Crippen molar-refractivity contribution < 1.29 is 5.48 Å². The van der Waals surface area contributed by atoms with Crippen LogP contribution in [-0.2, 0) is 0 Å². The fourth-order valence-corrected chi connectivity index (χ4v) is 2.61. The molecule has 2 aromatic rings. The number of rotatable bonds is 6. The quantitative estimate of drug-likeness (QED) is 0.858.